The van der Waals surface area contributed by atoms with E-state index < -0.39 is 10.2 Å². The Morgan fingerprint density at radius 2 is 1.85 bits per heavy atom. The molecule has 1 saturated heterocycles. The van der Waals surface area contributed by atoms with E-state index in [0.717, 1.165) is 62.6 Å². The Kier molecular flexibility index (Phi) is 5.16. The monoisotopic (exact) mass is 393 g/mol. The molecule has 1 unspecified atom stereocenters. The number of rotatable bonds is 5. The maximum atomic E-state index is 12.8. The number of aromatic nitrogens is 2. The highest BCUT2D eigenvalue weighted by Crippen LogP contribution is 2.37. The summed E-state index contributed by atoms with van der Waals surface area (Å²) in [5.41, 5.74) is 2.27. The lowest BCUT2D eigenvalue weighted by molar-refractivity contribution is 0.234. The van der Waals surface area contributed by atoms with E-state index >= 15 is 0 Å². The first-order valence-corrected chi connectivity index (χ1v) is 11.6. The molecule has 0 bridgehead atoms. The second-order valence-corrected chi connectivity index (χ2v) is 10.5. The van der Waals surface area contributed by atoms with E-state index in [-0.39, 0.29) is 6.04 Å². The Labute approximate surface area is 163 Å². The van der Waals surface area contributed by atoms with Crippen molar-refractivity contribution in [3.05, 3.63) is 17.1 Å². The lowest BCUT2D eigenvalue weighted by Gasteiger charge is -2.37. The van der Waals surface area contributed by atoms with E-state index in [0.29, 0.717) is 12.4 Å². The molecule has 1 aromatic rings. The molecule has 0 N–H and O–H groups in total. The number of piperidine rings is 1. The second kappa shape index (κ2) is 7.29. The third-order valence-electron chi connectivity index (χ3n) is 6.05. The molecule has 8 heteroatoms. The summed E-state index contributed by atoms with van der Waals surface area (Å²) >= 11 is 0. The standard InChI is InChI=1S/C19H31N5O2S/c1-14-16-7-6-11-23(13-15-9-10-15)19(16)21-18(20-14)17-8-4-5-12-24(17)27(25,26)22(2)3/h15,17H,4-13H2,1-3H3. The first kappa shape index (κ1) is 19.1. The predicted molar refractivity (Wildman–Crippen MR) is 106 cm³/mol. The third kappa shape index (κ3) is 3.71. The smallest absolute Gasteiger partial charge is 0.282 e. The van der Waals surface area contributed by atoms with Crippen LogP contribution in [0.1, 0.15) is 61.6 Å². The topological polar surface area (TPSA) is 69.6 Å². The average molecular weight is 394 g/mol. The molecule has 2 aliphatic heterocycles. The Morgan fingerprint density at radius 3 is 2.56 bits per heavy atom. The van der Waals surface area contributed by atoms with Gasteiger partial charge in [0, 0.05) is 45.0 Å². The molecule has 0 radical (unpaired) electrons. The maximum Gasteiger partial charge on any atom is 0.282 e. The summed E-state index contributed by atoms with van der Waals surface area (Å²) < 4.78 is 28.6. The van der Waals surface area contributed by atoms with Crippen molar-refractivity contribution in [2.75, 3.05) is 38.6 Å². The van der Waals surface area contributed by atoms with Crippen LogP contribution in [0.4, 0.5) is 5.82 Å². The molecule has 150 valence electrons. The minimum atomic E-state index is -3.48. The van der Waals surface area contributed by atoms with E-state index in [2.05, 4.69) is 11.8 Å². The SMILES string of the molecule is Cc1nc(C2CCCCN2S(=O)(=O)N(C)C)nc2c1CCCN2CC1CC1. The van der Waals surface area contributed by atoms with Crippen LogP contribution >= 0.6 is 0 Å². The summed E-state index contributed by atoms with van der Waals surface area (Å²) in [6, 6.07) is -0.264. The van der Waals surface area contributed by atoms with Crippen LogP contribution in [-0.4, -0.2) is 60.7 Å². The van der Waals surface area contributed by atoms with Gasteiger partial charge in [-0.15, -0.1) is 0 Å². The molecule has 3 heterocycles. The molecule has 1 saturated carbocycles. The van der Waals surface area contributed by atoms with Crippen molar-refractivity contribution in [1.82, 2.24) is 18.6 Å². The predicted octanol–water partition coefficient (Wildman–Crippen LogP) is 2.28. The van der Waals surface area contributed by atoms with Gasteiger partial charge in [0.05, 0.1) is 6.04 Å². The molecular formula is C19H31N5O2S. The van der Waals surface area contributed by atoms with E-state index in [1.165, 1.54) is 22.7 Å². The van der Waals surface area contributed by atoms with Crippen molar-refractivity contribution in [1.29, 1.82) is 0 Å². The van der Waals surface area contributed by atoms with Crippen LogP contribution in [-0.2, 0) is 16.6 Å². The lowest BCUT2D eigenvalue weighted by atomic mass is 10.0. The number of hydrogen-bond acceptors (Lipinski definition) is 5. The van der Waals surface area contributed by atoms with Crippen molar-refractivity contribution >= 4 is 16.0 Å². The summed E-state index contributed by atoms with van der Waals surface area (Å²) in [7, 11) is -0.292. The largest absolute Gasteiger partial charge is 0.356 e. The van der Waals surface area contributed by atoms with Gasteiger partial charge in [0.1, 0.15) is 11.6 Å². The molecule has 1 aliphatic carbocycles. The fourth-order valence-corrected chi connectivity index (χ4v) is 5.60. The van der Waals surface area contributed by atoms with Crippen molar-refractivity contribution in [3.63, 3.8) is 0 Å². The average Bonchev–Trinajstić information content (AvgIpc) is 3.46. The lowest BCUT2D eigenvalue weighted by Crippen LogP contribution is -2.45. The zero-order valence-electron chi connectivity index (χ0n) is 16.7. The van der Waals surface area contributed by atoms with Crippen LogP contribution in [0.5, 0.6) is 0 Å². The van der Waals surface area contributed by atoms with Gasteiger partial charge in [0.2, 0.25) is 0 Å². The molecular weight excluding hydrogens is 362 g/mol. The number of aryl methyl sites for hydroxylation is 1. The Morgan fingerprint density at radius 1 is 1.07 bits per heavy atom. The Bertz CT molecular complexity index is 807. The van der Waals surface area contributed by atoms with Gasteiger partial charge in [-0.05, 0) is 51.4 Å². The van der Waals surface area contributed by atoms with Gasteiger partial charge in [0.15, 0.2) is 0 Å². The van der Waals surface area contributed by atoms with Crippen molar-refractivity contribution in [2.45, 2.75) is 57.9 Å². The van der Waals surface area contributed by atoms with Crippen LogP contribution in [0.2, 0.25) is 0 Å². The Hall–Kier alpha value is -1.25. The van der Waals surface area contributed by atoms with Gasteiger partial charge in [-0.3, -0.25) is 0 Å². The van der Waals surface area contributed by atoms with Crippen LogP contribution in [0.15, 0.2) is 0 Å². The van der Waals surface area contributed by atoms with Gasteiger partial charge in [0.25, 0.3) is 10.2 Å². The number of anilines is 1. The fraction of sp³-hybridized carbons (Fsp3) is 0.789. The van der Waals surface area contributed by atoms with Gasteiger partial charge in [-0.2, -0.15) is 17.0 Å². The zero-order valence-corrected chi connectivity index (χ0v) is 17.5. The number of nitrogens with zero attached hydrogens (tertiary/aromatic N) is 5. The van der Waals surface area contributed by atoms with E-state index in [4.69, 9.17) is 9.97 Å². The highest BCUT2D eigenvalue weighted by atomic mass is 32.2. The molecule has 1 aromatic heterocycles. The fourth-order valence-electron chi connectivity index (χ4n) is 4.30. The summed E-state index contributed by atoms with van der Waals surface area (Å²) in [4.78, 5) is 12.2. The summed E-state index contributed by atoms with van der Waals surface area (Å²) in [5, 5.41) is 0. The van der Waals surface area contributed by atoms with Crippen LogP contribution in [0.25, 0.3) is 0 Å². The third-order valence-corrected chi connectivity index (χ3v) is 8.00. The Balaban J connectivity index is 1.71. The molecule has 3 aliphatic rings. The van der Waals surface area contributed by atoms with Gasteiger partial charge < -0.3 is 4.90 Å². The molecule has 27 heavy (non-hydrogen) atoms. The molecule has 0 aromatic carbocycles. The van der Waals surface area contributed by atoms with Crippen LogP contribution in [0, 0.1) is 12.8 Å². The quantitative estimate of drug-likeness (QED) is 0.768. The van der Waals surface area contributed by atoms with Crippen molar-refractivity contribution < 1.29 is 8.42 Å². The number of fused-ring (bicyclic) bond motifs is 1. The van der Waals surface area contributed by atoms with Gasteiger partial charge >= 0.3 is 0 Å². The van der Waals surface area contributed by atoms with Gasteiger partial charge in [-0.1, -0.05) is 6.42 Å². The van der Waals surface area contributed by atoms with E-state index in [9.17, 15) is 8.42 Å². The van der Waals surface area contributed by atoms with Crippen LogP contribution < -0.4 is 4.90 Å². The van der Waals surface area contributed by atoms with Crippen molar-refractivity contribution in [3.8, 4) is 0 Å². The molecule has 1 atom stereocenters. The molecule has 4 rings (SSSR count). The maximum absolute atomic E-state index is 12.8. The first-order chi connectivity index (χ1) is 12.9. The van der Waals surface area contributed by atoms with E-state index in [1.807, 2.05) is 0 Å². The minimum absolute atomic E-state index is 0.264. The number of hydrogen-bond donors (Lipinski definition) is 0. The summed E-state index contributed by atoms with van der Waals surface area (Å²) in [6.07, 6.45) is 7.49. The van der Waals surface area contributed by atoms with Crippen molar-refractivity contribution in [2.24, 2.45) is 5.92 Å². The molecule has 0 spiro atoms. The first-order valence-electron chi connectivity index (χ1n) is 10.2. The second-order valence-electron chi connectivity index (χ2n) is 8.37. The van der Waals surface area contributed by atoms with E-state index in [1.54, 1.807) is 18.4 Å². The molecule has 2 fully saturated rings. The van der Waals surface area contributed by atoms with Crippen LogP contribution in [0.3, 0.4) is 0 Å². The zero-order chi connectivity index (χ0) is 19.2. The highest BCUT2D eigenvalue weighted by Gasteiger charge is 2.37. The summed E-state index contributed by atoms with van der Waals surface area (Å²) in [5.74, 6) is 2.54. The molecule has 0 amide bonds. The minimum Gasteiger partial charge on any atom is -0.356 e. The molecule has 7 nitrogen and oxygen atoms in total. The highest BCUT2D eigenvalue weighted by molar-refractivity contribution is 7.86. The van der Waals surface area contributed by atoms with Gasteiger partial charge in [-0.25, -0.2) is 9.97 Å². The normalized spacial score (nSPS) is 24.3. The summed E-state index contributed by atoms with van der Waals surface area (Å²) in [6.45, 7) is 4.71.